The predicted octanol–water partition coefficient (Wildman–Crippen LogP) is 3.48. The average molecular weight is 269 g/mol. The molecule has 112 valence electrons. The first-order valence-electron chi connectivity index (χ1n) is 8.14. The van der Waals surface area contributed by atoms with E-state index in [2.05, 4.69) is 12.2 Å². The molecule has 1 N–H and O–H groups in total. The molecule has 1 saturated heterocycles. The molecule has 1 aliphatic heterocycles. The van der Waals surface area contributed by atoms with E-state index >= 15 is 0 Å². The molecule has 0 spiro atoms. The Morgan fingerprint density at radius 1 is 1.16 bits per heavy atom. The van der Waals surface area contributed by atoms with Crippen molar-refractivity contribution in [3.05, 3.63) is 0 Å². The van der Waals surface area contributed by atoms with Gasteiger partial charge in [0.2, 0.25) is 0 Å². The summed E-state index contributed by atoms with van der Waals surface area (Å²) in [6, 6.07) is 0.689. The summed E-state index contributed by atoms with van der Waals surface area (Å²) in [5.74, 6) is 0.587. The van der Waals surface area contributed by atoms with Gasteiger partial charge in [-0.3, -0.25) is 0 Å². The Kier molecular flexibility index (Phi) is 5.67. The molecule has 3 unspecified atom stereocenters. The molecule has 3 nitrogen and oxygen atoms in total. The van der Waals surface area contributed by atoms with Crippen LogP contribution in [0.1, 0.15) is 65.7 Å². The third-order valence-corrected chi connectivity index (χ3v) is 4.49. The Hall–Kier alpha value is -0.120. The van der Waals surface area contributed by atoms with Gasteiger partial charge in [0.25, 0.3) is 0 Å². The predicted molar refractivity (Wildman–Crippen MR) is 78.2 cm³/mol. The zero-order valence-corrected chi connectivity index (χ0v) is 12.9. The van der Waals surface area contributed by atoms with Crippen molar-refractivity contribution in [1.29, 1.82) is 0 Å². The van der Waals surface area contributed by atoms with Crippen LogP contribution in [0.2, 0.25) is 0 Å². The summed E-state index contributed by atoms with van der Waals surface area (Å²) in [5, 5.41) is 3.70. The molecule has 0 radical (unpaired) electrons. The topological polar surface area (TPSA) is 30.5 Å². The van der Waals surface area contributed by atoms with E-state index in [9.17, 15) is 0 Å². The second-order valence-corrected chi connectivity index (χ2v) is 6.72. The molecular weight excluding hydrogens is 238 g/mol. The Morgan fingerprint density at radius 3 is 2.68 bits per heavy atom. The molecule has 19 heavy (non-hydrogen) atoms. The van der Waals surface area contributed by atoms with Crippen molar-refractivity contribution >= 4 is 0 Å². The minimum Gasteiger partial charge on any atom is -0.348 e. The smallest absolute Gasteiger partial charge is 0.163 e. The van der Waals surface area contributed by atoms with Crippen LogP contribution in [0.3, 0.4) is 0 Å². The third kappa shape index (κ3) is 5.05. The molecule has 1 aliphatic carbocycles. The Morgan fingerprint density at radius 2 is 2.00 bits per heavy atom. The van der Waals surface area contributed by atoms with Gasteiger partial charge in [0.05, 0.1) is 12.7 Å². The van der Waals surface area contributed by atoms with Crippen LogP contribution in [-0.2, 0) is 9.47 Å². The van der Waals surface area contributed by atoms with E-state index in [1.807, 2.05) is 13.8 Å². The molecule has 0 aromatic carbocycles. The van der Waals surface area contributed by atoms with Gasteiger partial charge >= 0.3 is 0 Å². The van der Waals surface area contributed by atoms with Crippen molar-refractivity contribution in [1.82, 2.24) is 5.32 Å². The zero-order chi connectivity index (χ0) is 13.7. The minimum atomic E-state index is -0.387. The second-order valence-electron chi connectivity index (χ2n) is 6.72. The molecule has 2 rings (SSSR count). The van der Waals surface area contributed by atoms with Crippen LogP contribution < -0.4 is 5.32 Å². The summed E-state index contributed by atoms with van der Waals surface area (Å²) < 4.78 is 11.5. The summed E-state index contributed by atoms with van der Waals surface area (Å²) in [6.45, 7) is 7.96. The molecule has 0 aromatic rings. The zero-order valence-electron chi connectivity index (χ0n) is 12.9. The van der Waals surface area contributed by atoms with Crippen molar-refractivity contribution in [3.8, 4) is 0 Å². The van der Waals surface area contributed by atoms with Crippen LogP contribution in [0.5, 0.6) is 0 Å². The molecule has 1 heterocycles. The van der Waals surface area contributed by atoms with E-state index in [1.165, 1.54) is 44.9 Å². The van der Waals surface area contributed by atoms with Gasteiger partial charge in [-0.2, -0.15) is 0 Å². The van der Waals surface area contributed by atoms with E-state index < -0.39 is 0 Å². The van der Waals surface area contributed by atoms with Gasteiger partial charge in [0.1, 0.15) is 0 Å². The van der Waals surface area contributed by atoms with E-state index in [-0.39, 0.29) is 11.9 Å². The van der Waals surface area contributed by atoms with Crippen LogP contribution in [0, 0.1) is 5.92 Å². The highest BCUT2D eigenvalue weighted by Crippen LogP contribution is 2.27. The van der Waals surface area contributed by atoms with Crippen LogP contribution in [0.15, 0.2) is 0 Å². The number of ether oxygens (including phenoxy) is 2. The lowest BCUT2D eigenvalue weighted by Gasteiger charge is -2.20. The maximum atomic E-state index is 5.85. The molecule has 0 amide bonds. The summed E-state index contributed by atoms with van der Waals surface area (Å²) in [6.07, 6.45) is 9.87. The highest BCUT2D eigenvalue weighted by molar-refractivity contribution is 4.78. The molecular formula is C16H31NO2. The first-order chi connectivity index (χ1) is 9.09. The second kappa shape index (κ2) is 7.05. The first-order valence-corrected chi connectivity index (χ1v) is 8.14. The van der Waals surface area contributed by atoms with Gasteiger partial charge in [0.15, 0.2) is 5.79 Å². The Balaban J connectivity index is 1.66. The minimum absolute atomic E-state index is 0.227. The van der Waals surface area contributed by atoms with Crippen molar-refractivity contribution in [2.45, 2.75) is 83.6 Å². The maximum absolute atomic E-state index is 5.85. The molecule has 3 atom stereocenters. The number of hydrogen-bond donors (Lipinski definition) is 1. The van der Waals surface area contributed by atoms with Crippen LogP contribution in [0.25, 0.3) is 0 Å². The number of rotatable bonds is 5. The summed E-state index contributed by atoms with van der Waals surface area (Å²) in [4.78, 5) is 0. The van der Waals surface area contributed by atoms with E-state index in [1.54, 1.807) is 0 Å². The van der Waals surface area contributed by atoms with Crippen LogP contribution in [-0.4, -0.2) is 31.1 Å². The van der Waals surface area contributed by atoms with Crippen molar-refractivity contribution < 1.29 is 9.47 Å². The molecule has 1 saturated carbocycles. The fourth-order valence-electron chi connectivity index (χ4n) is 3.44. The Bertz CT molecular complexity index is 267. The molecule has 0 bridgehead atoms. The van der Waals surface area contributed by atoms with Gasteiger partial charge in [0, 0.05) is 12.6 Å². The Labute approximate surface area is 118 Å². The molecule has 2 fully saturated rings. The fourth-order valence-corrected chi connectivity index (χ4v) is 3.44. The lowest BCUT2D eigenvalue weighted by Crippen LogP contribution is -2.37. The van der Waals surface area contributed by atoms with E-state index in [4.69, 9.17) is 9.47 Å². The standard InChI is InChI=1S/C16H31NO2/c1-4-6-13-7-5-8-14(10-9-13)17-11-15-12-18-16(2,3)19-15/h13-15,17H,4-12H2,1-3H3. The average Bonchev–Trinajstić information content (AvgIpc) is 2.58. The largest absolute Gasteiger partial charge is 0.348 e. The van der Waals surface area contributed by atoms with Gasteiger partial charge in [-0.1, -0.05) is 32.6 Å². The number of nitrogens with one attached hydrogen (secondary N) is 1. The highest BCUT2D eigenvalue weighted by atomic mass is 16.7. The monoisotopic (exact) mass is 269 g/mol. The van der Waals surface area contributed by atoms with Gasteiger partial charge in [-0.15, -0.1) is 0 Å². The van der Waals surface area contributed by atoms with Gasteiger partial charge in [-0.25, -0.2) is 0 Å². The quantitative estimate of drug-likeness (QED) is 0.775. The van der Waals surface area contributed by atoms with Gasteiger partial charge < -0.3 is 14.8 Å². The molecule has 3 heteroatoms. The summed E-state index contributed by atoms with van der Waals surface area (Å²) >= 11 is 0. The lowest BCUT2D eigenvalue weighted by atomic mass is 9.95. The summed E-state index contributed by atoms with van der Waals surface area (Å²) in [5.41, 5.74) is 0. The lowest BCUT2D eigenvalue weighted by molar-refractivity contribution is -0.137. The van der Waals surface area contributed by atoms with Crippen molar-refractivity contribution in [2.24, 2.45) is 5.92 Å². The third-order valence-electron chi connectivity index (χ3n) is 4.49. The van der Waals surface area contributed by atoms with Gasteiger partial charge in [-0.05, 0) is 39.0 Å². The van der Waals surface area contributed by atoms with Crippen LogP contribution >= 0.6 is 0 Å². The van der Waals surface area contributed by atoms with Crippen molar-refractivity contribution in [2.75, 3.05) is 13.2 Å². The molecule has 0 aromatic heterocycles. The maximum Gasteiger partial charge on any atom is 0.163 e. The SMILES string of the molecule is CCCC1CCCC(NCC2COC(C)(C)O2)CC1. The first kappa shape index (κ1) is 15.3. The highest BCUT2D eigenvalue weighted by Gasteiger charge is 2.32. The van der Waals surface area contributed by atoms with Crippen LogP contribution in [0.4, 0.5) is 0 Å². The fraction of sp³-hybridized carbons (Fsp3) is 1.00. The van der Waals surface area contributed by atoms with E-state index in [0.717, 1.165) is 19.1 Å². The summed E-state index contributed by atoms with van der Waals surface area (Å²) in [7, 11) is 0. The number of hydrogen-bond acceptors (Lipinski definition) is 3. The molecule has 2 aliphatic rings. The van der Waals surface area contributed by atoms with Crippen molar-refractivity contribution in [3.63, 3.8) is 0 Å². The van der Waals surface area contributed by atoms with E-state index in [0.29, 0.717) is 6.04 Å². The normalized spacial score (nSPS) is 35.2.